The van der Waals surface area contributed by atoms with E-state index in [9.17, 15) is 87.8 Å². The molecule has 4 bridgehead atoms. The highest BCUT2D eigenvalue weighted by atomic mass is 19.4. The minimum atomic E-state index is -9.94. The van der Waals surface area contributed by atoms with Crippen molar-refractivity contribution in [2.24, 2.45) is 0 Å². The van der Waals surface area contributed by atoms with Crippen molar-refractivity contribution in [2.45, 2.75) is 119 Å². The van der Waals surface area contributed by atoms with Gasteiger partial charge in [0.15, 0.2) is 0 Å². The van der Waals surface area contributed by atoms with Gasteiger partial charge < -0.3 is 20.4 Å². The third kappa shape index (κ3) is 4.88. The molecular formula is C20H4F32O8. The molecule has 4 saturated carbocycles. The molecule has 4 aliphatic rings. The standard InChI is InChI=1S/C20H4F32O8/c21-1-5(23,24)2(22)8(29,30)3(6(1,25)26,57-17(45,46)19(49,50)59-15(41,42)11(35,53)13(37,38)55)10(33,34)4(7(1,27)28,9(2,31)32)58-18(47,48)20(51,52)60-16(43,44)12(36,54)14(39,40)56/h53-56H. The van der Waals surface area contributed by atoms with Gasteiger partial charge in [-0.1, -0.05) is 0 Å². The van der Waals surface area contributed by atoms with E-state index in [4.69, 9.17) is 20.4 Å². The zero-order chi connectivity index (χ0) is 48.8. The third-order valence-corrected chi connectivity index (χ3v) is 8.57. The van der Waals surface area contributed by atoms with Gasteiger partial charge in [-0.3, -0.25) is 9.47 Å². The number of halogens is 32. The van der Waals surface area contributed by atoms with Crippen LogP contribution in [0.5, 0.6) is 0 Å². The van der Waals surface area contributed by atoms with Gasteiger partial charge in [-0.05, 0) is 0 Å². The van der Waals surface area contributed by atoms with Gasteiger partial charge in [-0.15, -0.1) is 0 Å². The number of alkyl halides is 32. The molecule has 0 amide bonds. The summed E-state index contributed by atoms with van der Waals surface area (Å²) in [6.45, 7) is 0. The van der Waals surface area contributed by atoms with E-state index in [1.807, 2.05) is 0 Å². The number of aliphatic hydroxyl groups is 4. The van der Waals surface area contributed by atoms with Crippen molar-refractivity contribution in [3.63, 3.8) is 0 Å². The summed E-state index contributed by atoms with van der Waals surface area (Å²) in [6.07, 6.45) is -67.6. The smallest absolute Gasteiger partial charge is 0.348 e. The normalized spacial score (nSPS) is 34.6. The molecule has 0 aromatic rings. The Labute approximate surface area is 300 Å². The van der Waals surface area contributed by atoms with Gasteiger partial charge in [0.1, 0.15) is 0 Å². The van der Waals surface area contributed by atoms with Crippen molar-refractivity contribution in [1.82, 2.24) is 0 Å². The Balaban J connectivity index is 2.56. The lowest BCUT2D eigenvalue weighted by Gasteiger charge is -2.76. The van der Waals surface area contributed by atoms with Crippen molar-refractivity contribution in [1.29, 1.82) is 0 Å². The summed E-state index contributed by atoms with van der Waals surface area (Å²) in [5, 5.41) is 32.0. The predicted octanol–water partition coefficient (Wildman–Crippen LogP) is 6.84. The fourth-order valence-electron chi connectivity index (χ4n) is 5.64. The molecule has 0 aliphatic heterocycles. The largest absolute Gasteiger partial charge is 0.453 e. The Hall–Kier alpha value is -2.56. The average molecular weight is 980 g/mol. The second-order valence-electron chi connectivity index (χ2n) is 12.0. The Morgan fingerprint density at radius 1 is 0.267 bits per heavy atom. The topological polar surface area (TPSA) is 118 Å². The van der Waals surface area contributed by atoms with Gasteiger partial charge >= 0.3 is 107 Å². The van der Waals surface area contributed by atoms with Gasteiger partial charge in [-0.25, -0.2) is 18.3 Å². The van der Waals surface area contributed by atoms with Crippen molar-refractivity contribution in [3.8, 4) is 0 Å². The Morgan fingerprint density at radius 2 is 0.467 bits per heavy atom. The first kappa shape index (κ1) is 51.8. The van der Waals surface area contributed by atoms with Gasteiger partial charge in [-0.2, -0.15) is 132 Å². The molecule has 0 saturated heterocycles. The molecule has 4 N–H and O–H groups in total. The zero-order valence-corrected chi connectivity index (χ0v) is 25.5. The van der Waals surface area contributed by atoms with Crippen LogP contribution in [0.1, 0.15) is 0 Å². The first-order valence-electron chi connectivity index (χ1n) is 13.1. The van der Waals surface area contributed by atoms with Crippen LogP contribution in [0.15, 0.2) is 0 Å². The summed E-state index contributed by atoms with van der Waals surface area (Å²) in [4.78, 5) is 0. The molecule has 4 rings (SSSR count). The van der Waals surface area contributed by atoms with E-state index in [1.165, 1.54) is 9.47 Å². The average Bonchev–Trinajstić information content (AvgIpc) is 2.96. The summed E-state index contributed by atoms with van der Waals surface area (Å²) in [5.41, 5.74) is -38.4. The van der Waals surface area contributed by atoms with Crippen molar-refractivity contribution < 1.29 is 180 Å². The van der Waals surface area contributed by atoms with Crippen LogP contribution < -0.4 is 0 Å². The van der Waals surface area contributed by atoms with E-state index in [0.717, 1.165) is 9.47 Å². The number of hydrogen-bond acceptors (Lipinski definition) is 8. The van der Waals surface area contributed by atoms with Crippen LogP contribution in [0.4, 0.5) is 140 Å². The Morgan fingerprint density at radius 3 is 0.650 bits per heavy atom. The minimum Gasteiger partial charge on any atom is -0.348 e. The molecule has 2 unspecified atom stereocenters. The molecular weight excluding hydrogens is 976 g/mol. The fraction of sp³-hybridized carbons (Fsp3) is 1.00. The molecule has 0 aromatic heterocycles. The molecule has 8 nitrogen and oxygen atoms in total. The number of ether oxygens (including phenoxy) is 4. The summed E-state index contributed by atoms with van der Waals surface area (Å²) < 4.78 is 466. The fourth-order valence-corrected chi connectivity index (χ4v) is 5.64. The van der Waals surface area contributed by atoms with Gasteiger partial charge in [0.05, 0.1) is 0 Å². The second kappa shape index (κ2) is 11.8. The first-order valence-corrected chi connectivity index (χ1v) is 13.1. The maximum absolute atomic E-state index is 15.8. The predicted molar refractivity (Wildman–Crippen MR) is 103 cm³/mol. The maximum atomic E-state index is 15.8. The molecule has 40 heteroatoms. The molecule has 356 valence electrons. The molecule has 0 heterocycles. The van der Waals surface area contributed by atoms with Gasteiger partial charge in [0.25, 0.3) is 11.2 Å². The highest BCUT2D eigenvalue weighted by molar-refractivity contribution is 5.55. The maximum Gasteiger partial charge on any atom is 0.453 e. The molecule has 0 spiro atoms. The van der Waals surface area contributed by atoms with Crippen LogP contribution in [0.2, 0.25) is 0 Å². The molecule has 0 aromatic carbocycles. The number of rotatable bonds is 14. The molecule has 60 heavy (non-hydrogen) atoms. The summed E-state index contributed by atoms with van der Waals surface area (Å²) in [6, 6.07) is 0. The van der Waals surface area contributed by atoms with Crippen molar-refractivity contribution >= 4 is 0 Å². The highest BCUT2D eigenvalue weighted by Gasteiger charge is 3.24. The highest BCUT2D eigenvalue weighted by Crippen LogP contribution is 2.89. The number of hydrogen-bond donors (Lipinski definition) is 4. The van der Waals surface area contributed by atoms with E-state index >= 15 is 52.7 Å². The summed E-state index contributed by atoms with van der Waals surface area (Å²) in [7, 11) is 0. The molecule has 0 radical (unpaired) electrons. The van der Waals surface area contributed by atoms with E-state index in [0.29, 0.717) is 0 Å². The Bertz CT molecular complexity index is 1570. The second-order valence-corrected chi connectivity index (χ2v) is 12.0. The first-order chi connectivity index (χ1) is 25.3. The third-order valence-electron chi connectivity index (χ3n) is 8.57. The van der Waals surface area contributed by atoms with Crippen LogP contribution >= 0.6 is 0 Å². The SMILES string of the molecule is OC(F)(F)C(O)(F)C(F)(F)OC(F)(F)C(F)(F)OC12C(F)(F)C3(F)C(F)(F)C(F)(C1(F)F)C(F)(F)C(OC(F)(F)C(F)(F)OC(F)(F)C(O)(F)C(O)(F)F)(C3(F)F)C2(F)F. The minimum absolute atomic E-state index is 1.09. The van der Waals surface area contributed by atoms with Crippen molar-refractivity contribution in [3.05, 3.63) is 0 Å². The van der Waals surface area contributed by atoms with Crippen molar-refractivity contribution in [2.75, 3.05) is 0 Å². The van der Waals surface area contributed by atoms with Crippen LogP contribution in [0.3, 0.4) is 0 Å². The van der Waals surface area contributed by atoms with Crippen LogP contribution in [-0.2, 0) is 18.9 Å². The van der Waals surface area contributed by atoms with E-state index in [-0.39, 0.29) is 0 Å². The summed E-state index contributed by atoms with van der Waals surface area (Å²) in [5.74, 6) is -73.2. The monoisotopic (exact) mass is 980 g/mol. The van der Waals surface area contributed by atoms with Crippen LogP contribution in [-0.4, -0.2) is 139 Å². The lowest BCUT2D eigenvalue weighted by molar-refractivity contribution is -0.663. The summed E-state index contributed by atoms with van der Waals surface area (Å²) >= 11 is 0. The van der Waals surface area contributed by atoms with Crippen LogP contribution in [0.25, 0.3) is 0 Å². The Kier molecular flexibility index (Phi) is 10.2. The molecule has 4 fully saturated rings. The van der Waals surface area contributed by atoms with E-state index in [2.05, 4.69) is 0 Å². The lowest BCUT2D eigenvalue weighted by Crippen LogP contribution is -3.11. The lowest BCUT2D eigenvalue weighted by atomic mass is 9.39. The zero-order valence-electron chi connectivity index (χ0n) is 25.5. The van der Waals surface area contributed by atoms with E-state index < -0.39 is 119 Å². The van der Waals surface area contributed by atoms with Crippen LogP contribution in [0, 0.1) is 0 Å². The molecule has 4 aliphatic carbocycles. The van der Waals surface area contributed by atoms with Gasteiger partial charge in [0, 0.05) is 0 Å². The van der Waals surface area contributed by atoms with E-state index in [1.54, 1.807) is 0 Å². The quantitative estimate of drug-likeness (QED) is 0.140. The van der Waals surface area contributed by atoms with Gasteiger partial charge in [0.2, 0.25) is 0 Å². The molecule has 2 atom stereocenters.